The Morgan fingerprint density at radius 2 is 1.72 bits per heavy atom. The lowest BCUT2D eigenvalue weighted by molar-refractivity contribution is -0.151. The molecule has 0 unspecified atom stereocenters. The molecule has 2 aliphatic rings. The summed E-state index contributed by atoms with van der Waals surface area (Å²) in [7, 11) is 1.77. The zero-order valence-corrected chi connectivity index (χ0v) is 21.8. The number of hydrogen-bond donors (Lipinski definition) is 2. The number of aryl methyl sites for hydroxylation is 2. The Labute approximate surface area is 213 Å². The van der Waals surface area contributed by atoms with Gasteiger partial charge >= 0.3 is 0 Å². The average molecular weight is 492 g/mol. The Morgan fingerprint density at radius 1 is 1.03 bits per heavy atom. The van der Waals surface area contributed by atoms with Crippen LogP contribution in [0, 0.1) is 6.92 Å². The molecule has 0 spiro atoms. The van der Waals surface area contributed by atoms with Crippen LogP contribution in [0.15, 0.2) is 36.4 Å². The smallest absolute Gasteiger partial charge is 0.256 e. The highest BCUT2D eigenvalue weighted by Crippen LogP contribution is 2.28. The number of hydrazine groups is 1. The van der Waals surface area contributed by atoms with Gasteiger partial charge in [0.2, 0.25) is 5.91 Å². The molecule has 1 aliphatic heterocycles. The molecule has 8 heteroatoms. The SMILES string of the molecule is Cc1cc2c(cc1NCC(=O)N(CCNC(C)C)CC(=O)N(C)N1Cc3ccccc3C1)C(=O)CC2. The van der Waals surface area contributed by atoms with E-state index in [9.17, 15) is 14.4 Å². The van der Waals surface area contributed by atoms with Crippen LogP contribution in [-0.4, -0.2) is 71.8 Å². The maximum Gasteiger partial charge on any atom is 0.256 e. The summed E-state index contributed by atoms with van der Waals surface area (Å²) in [6, 6.07) is 12.4. The molecular weight excluding hydrogens is 454 g/mol. The van der Waals surface area contributed by atoms with E-state index in [4.69, 9.17) is 0 Å². The largest absolute Gasteiger partial charge is 0.376 e. The third-order valence-electron chi connectivity index (χ3n) is 7.02. The second-order valence-electron chi connectivity index (χ2n) is 10.0. The van der Waals surface area contributed by atoms with Gasteiger partial charge < -0.3 is 15.5 Å². The summed E-state index contributed by atoms with van der Waals surface area (Å²) < 4.78 is 0. The maximum atomic E-state index is 13.2. The number of nitrogens with one attached hydrogen (secondary N) is 2. The molecule has 0 radical (unpaired) electrons. The summed E-state index contributed by atoms with van der Waals surface area (Å²) in [5.41, 5.74) is 6.06. The van der Waals surface area contributed by atoms with Crippen molar-refractivity contribution in [1.29, 1.82) is 0 Å². The van der Waals surface area contributed by atoms with Crippen LogP contribution in [0.4, 0.5) is 5.69 Å². The first-order valence-electron chi connectivity index (χ1n) is 12.7. The van der Waals surface area contributed by atoms with Crippen LogP contribution in [0.5, 0.6) is 0 Å². The summed E-state index contributed by atoms with van der Waals surface area (Å²) in [6.45, 7) is 8.53. The van der Waals surface area contributed by atoms with Gasteiger partial charge in [0.05, 0.1) is 6.54 Å². The van der Waals surface area contributed by atoms with Crippen molar-refractivity contribution in [2.45, 2.75) is 52.7 Å². The number of benzene rings is 2. The molecule has 0 bridgehead atoms. The summed E-state index contributed by atoms with van der Waals surface area (Å²) in [5.74, 6) is -0.128. The van der Waals surface area contributed by atoms with Crippen molar-refractivity contribution in [3.05, 3.63) is 64.2 Å². The lowest BCUT2D eigenvalue weighted by Gasteiger charge is -2.31. The van der Waals surface area contributed by atoms with Crippen LogP contribution >= 0.6 is 0 Å². The Morgan fingerprint density at radius 3 is 2.39 bits per heavy atom. The highest BCUT2D eigenvalue weighted by Gasteiger charge is 2.27. The molecule has 2 aromatic carbocycles. The van der Waals surface area contributed by atoms with Crippen LogP contribution in [0.25, 0.3) is 0 Å². The zero-order chi connectivity index (χ0) is 25.8. The van der Waals surface area contributed by atoms with Gasteiger partial charge in [0.25, 0.3) is 5.91 Å². The standard InChI is InChI=1S/C28H37N5O3/c1-19(2)29-11-12-32(18-28(36)31(4)33-16-22-7-5-6-8-23(22)17-33)27(35)15-30-25-14-24-21(13-20(25)3)9-10-26(24)34/h5-8,13-14,19,29-30H,9-12,15-18H2,1-4H3. The van der Waals surface area contributed by atoms with E-state index in [-0.39, 0.29) is 36.7 Å². The van der Waals surface area contributed by atoms with E-state index in [2.05, 4.69) is 36.6 Å². The molecule has 4 rings (SSSR count). The van der Waals surface area contributed by atoms with Gasteiger partial charge in [0, 0.05) is 56.9 Å². The van der Waals surface area contributed by atoms with Crippen molar-refractivity contribution in [1.82, 2.24) is 20.2 Å². The van der Waals surface area contributed by atoms with Gasteiger partial charge in [-0.25, -0.2) is 5.01 Å². The third-order valence-corrected chi connectivity index (χ3v) is 7.02. The van der Waals surface area contributed by atoms with Crippen LogP contribution in [0.2, 0.25) is 0 Å². The fourth-order valence-electron chi connectivity index (χ4n) is 4.82. The quantitative estimate of drug-likeness (QED) is 0.532. The predicted octanol–water partition coefficient (Wildman–Crippen LogP) is 2.75. The number of likely N-dealkylation sites (N-methyl/N-ethyl adjacent to an activating group) is 1. The molecule has 2 N–H and O–H groups in total. The number of Topliss-reactive ketones (excluding diaryl/α,β-unsaturated/α-hetero) is 1. The molecule has 36 heavy (non-hydrogen) atoms. The molecule has 0 atom stereocenters. The van der Waals surface area contributed by atoms with Gasteiger partial charge in [-0.1, -0.05) is 44.2 Å². The number of carbonyl (C=O) groups excluding carboxylic acids is 3. The summed E-state index contributed by atoms with van der Waals surface area (Å²) in [4.78, 5) is 40.2. The van der Waals surface area contributed by atoms with E-state index in [1.807, 2.05) is 36.2 Å². The number of rotatable bonds is 10. The number of nitrogens with zero attached hydrogens (tertiary/aromatic N) is 3. The van der Waals surface area contributed by atoms with Crippen LogP contribution in [0.3, 0.4) is 0 Å². The Balaban J connectivity index is 1.39. The van der Waals surface area contributed by atoms with Crippen molar-refractivity contribution in [2.24, 2.45) is 0 Å². The van der Waals surface area contributed by atoms with Gasteiger partial charge in [-0.05, 0) is 41.7 Å². The third kappa shape index (κ3) is 5.94. The topological polar surface area (TPSA) is 85.0 Å². The van der Waals surface area contributed by atoms with E-state index in [0.29, 0.717) is 32.6 Å². The van der Waals surface area contributed by atoms with Gasteiger partial charge in [0.15, 0.2) is 5.78 Å². The molecule has 1 aliphatic carbocycles. The molecule has 1 heterocycles. The van der Waals surface area contributed by atoms with E-state index in [1.165, 1.54) is 11.1 Å². The second-order valence-corrected chi connectivity index (χ2v) is 10.0. The molecule has 0 aromatic heterocycles. The summed E-state index contributed by atoms with van der Waals surface area (Å²) >= 11 is 0. The van der Waals surface area contributed by atoms with E-state index in [0.717, 1.165) is 28.8 Å². The van der Waals surface area contributed by atoms with Crippen LogP contribution in [0.1, 0.15) is 52.9 Å². The maximum absolute atomic E-state index is 13.2. The van der Waals surface area contributed by atoms with Crippen molar-refractivity contribution < 1.29 is 14.4 Å². The molecule has 2 amide bonds. The minimum Gasteiger partial charge on any atom is -0.376 e. The van der Waals surface area contributed by atoms with E-state index >= 15 is 0 Å². The first kappa shape index (κ1) is 25.9. The molecule has 8 nitrogen and oxygen atoms in total. The number of anilines is 1. The molecule has 0 saturated carbocycles. The normalized spacial score (nSPS) is 14.6. The number of hydrogen-bond acceptors (Lipinski definition) is 6. The number of fused-ring (bicyclic) bond motifs is 2. The molecule has 0 fully saturated rings. The highest BCUT2D eigenvalue weighted by molar-refractivity contribution is 6.01. The monoisotopic (exact) mass is 491 g/mol. The first-order chi connectivity index (χ1) is 17.2. The van der Waals surface area contributed by atoms with Gasteiger partial charge in [-0.2, -0.15) is 0 Å². The Hall–Kier alpha value is -3.23. The highest BCUT2D eigenvalue weighted by atomic mass is 16.2. The number of carbonyl (C=O) groups is 3. The minimum atomic E-state index is -0.154. The zero-order valence-electron chi connectivity index (χ0n) is 21.8. The first-order valence-corrected chi connectivity index (χ1v) is 12.7. The minimum absolute atomic E-state index is 0.00525. The van der Waals surface area contributed by atoms with E-state index < -0.39 is 0 Å². The van der Waals surface area contributed by atoms with E-state index in [1.54, 1.807) is 17.0 Å². The molecular formula is C28H37N5O3. The lowest BCUT2D eigenvalue weighted by atomic mass is 10.0. The van der Waals surface area contributed by atoms with Crippen molar-refractivity contribution in [2.75, 3.05) is 38.5 Å². The van der Waals surface area contributed by atoms with Crippen molar-refractivity contribution >= 4 is 23.3 Å². The van der Waals surface area contributed by atoms with Crippen LogP contribution < -0.4 is 10.6 Å². The van der Waals surface area contributed by atoms with Gasteiger partial charge in [0.1, 0.15) is 6.54 Å². The number of ketones is 1. The summed E-state index contributed by atoms with van der Waals surface area (Å²) in [6.07, 6.45) is 1.33. The Kier molecular flexibility index (Phi) is 8.06. The second kappa shape index (κ2) is 11.2. The average Bonchev–Trinajstić information content (AvgIpc) is 3.44. The van der Waals surface area contributed by atoms with Gasteiger partial charge in [-0.3, -0.25) is 19.4 Å². The van der Waals surface area contributed by atoms with Crippen LogP contribution in [-0.2, 0) is 29.1 Å². The predicted molar refractivity (Wildman–Crippen MR) is 140 cm³/mol. The Bertz CT molecular complexity index is 1120. The van der Waals surface area contributed by atoms with Crippen molar-refractivity contribution in [3.8, 4) is 0 Å². The fourth-order valence-corrected chi connectivity index (χ4v) is 4.82. The molecule has 0 saturated heterocycles. The number of amides is 2. The fraction of sp³-hybridized carbons (Fsp3) is 0.464. The summed E-state index contributed by atoms with van der Waals surface area (Å²) in [5, 5.41) is 10.2. The molecule has 2 aromatic rings. The van der Waals surface area contributed by atoms with Crippen molar-refractivity contribution in [3.63, 3.8) is 0 Å². The van der Waals surface area contributed by atoms with Gasteiger partial charge in [-0.15, -0.1) is 0 Å². The molecule has 192 valence electrons. The lowest BCUT2D eigenvalue weighted by Crippen LogP contribution is -2.49.